The Balaban J connectivity index is 1.91. The molecule has 0 fully saturated rings. The molecule has 2 N–H and O–H groups in total. The fourth-order valence-corrected chi connectivity index (χ4v) is 4.83. The highest BCUT2D eigenvalue weighted by molar-refractivity contribution is 7.99. The van der Waals surface area contributed by atoms with Gasteiger partial charge in [-0.05, 0) is 23.5 Å². The predicted octanol–water partition coefficient (Wildman–Crippen LogP) is 3.72. The Morgan fingerprint density at radius 3 is 2.82 bits per heavy atom. The van der Waals surface area contributed by atoms with Gasteiger partial charge in [0.1, 0.15) is 11.6 Å². The normalized spacial score (nSPS) is 22.7. The van der Waals surface area contributed by atoms with E-state index in [1.807, 2.05) is 12.1 Å². The summed E-state index contributed by atoms with van der Waals surface area (Å²) in [4.78, 5) is 38.0. The van der Waals surface area contributed by atoms with Gasteiger partial charge in [-0.25, -0.2) is 4.98 Å². The molecule has 3 heterocycles. The lowest BCUT2D eigenvalue weighted by Gasteiger charge is -2.40. The van der Waals surface area contributed by atoms with E-state index in [-0.39, 0.29) is 22.7 Å². The molecule has 2 aromatic rings. The fraction of sp³-hybridized carbons (Fsp3) is 0.429. The van der Waals surface area contributed by atoms with Crippen LogP contribution in [0.3, 0.4) is 0 Å². The van der Waals surface area contributed by atoms with Crippen LogP contribution in [0.2, 0.25) is 0 Å². The van der Waals surface area contributed by atoms with E-state index < -0.39 is 5.92 Å². The first kappa shape index (κ1) is 18.9. The number of carbonyl (C=O) groups excluding carboxylic acids is 1. The van der Waals surface area contributed by atoms with Crippen LogP contribution in [-0.4, -0.2) is 26.5 Å². The number of pyridine rings is 1. The van der Waals surface area contributed by atoms with Crippen molar-refractivity contribution < 1.29 is 4.79 Å². The molecule has 2 aliphatic rings. The van der Waals surface area contributed by atoms with Crippen LogP contribution in [0.4, 0.5) is 5.82 Å². The number of allylic oxidation sites excluding steroid dienone is 2. The SMILES string of the molecule is CCCSc1nc2c(c(=O)[nH]1)[C@H](c1cccnc1)[C@H]1C(=O)CC(C)(C)C=C1N2. The lowest BCUT2D eigenvalue weighted by atomic mass is 9.67. The highest BCUT2D eigenvalue weighted by Gasteiger charge is 2.45. The molecule has 0 saturated carbocycles. The Hall–Kier alpha value is -2.41. The van der Waals surface area contributed by atoms with Gasteiger partial charge < -0.3 is 10.3 Å². The van der Waals surface area contributed by atoms with E-state index in [0.29, 0.717) is 23.0 Å². The molecular formula is C21H24N4O2S. The van der Waals surface area contributed by atoms with E-state index in [2.05, 4.69) is 47.1 Å². The Labute approximate surface area is 168 Å². The second-order valence-electron chi connectivity index (χ2n) is 8.08. The van der Waals surface area contributed by atoms with E-state index in [0.717, 1.165) is 23.4 Å². The molecule has 0 aromatic carbocycles. The summed E-state index contributed by atoms with van der Waals surface area (Å²) < 4.78 is 0. The van der Waals surface area contributed by atoms with Crippen molar-refractivity contribution in [3.8, 4) is 0 Å². The monoisotopic (exact) mass is 396 g/mol. The number of hydrogen-bond donors (Lipinski definition) is 2. The number of ketones is 1. The molecule has 28 heavy (non-hydrogen) atoms. The average molecular weight is 397 g/mol. The number of nitrogens with zero attached hydrogens (tertiary/aromatic N) is 2. The van der Waals surface area contributed by atoms with Crippen molar-refractivity contribution in [3.63, 3.8) is 0 Å². The van der Waals surface area contributed by atoms with Gasteiger partial charge in [-0.3, -0.25) is 14.6 Å². The second-order valence-corrected chi connectivity index (χ2v) is 9.16. The number of carbonyl (C=O) groups is 1. The van der Waals surface area contributed by atoms with Crippen molar-refractivity contribution in [3.05, 3.63) is 57.8 Å². The van der Waals surface area contributed by atoms with Gasteiger partial charge in [-0.2, -0.15) is 0 Å². The number of aromatic amines is 1. The molecule has 0 bridgehead atoms. The average Bonchev–Trinajstić information content (AvgIpc) is 2.64. The lowest BCUT2D eigenvalue weighted by Crippen LogP contribution is -2.41. The fourth-order valence-electron chi connectivity index (χ4n) is 4.11. The first-order chi connectivity index (χ1) is 13.4. The number of anilines is 1. The first-order valence-corrected chi connectivity index (χ1v) is 10.6. The topological polar surface area (TPSA) is 87.7 Å². The molecule has 0 saturated heterocycles. The minimum atomic E-state index is -0.415. The van der Waals surface area contributed by atoms with Crippen molar-refractivity contribution in [1.82, 2.24) is 15.0 Å². The van der Waals surface area contributed by atoms with Crippen molar-refractivity contribution >= 4 is 23.4 Å². The van der Waals surface area contributed by atoms with Gasteiger partial charge in [0.25, 0.3) is 5.56 Å². The van der Waals surface area contributed by atoms with Crippen LogP contribution in [0.15, 0.2) is 46.3 Å². The zero-order valence-electron chi connectivity index (χ0n) is 16.3. The minimum Gasteiger partial charge on any atom is -0.343 e. The van der Waals surface area contributed by atoms with Gasteiger partial charge in [-0.15, -0.1) is 0 Å². The number of fused-ring (bicyclic) bond motifs is 2. The smallest absolute Gasteiger partial charge is 0.257 e. The quantitative estimate of drug-likeness (QED) is 0.605. The van der Waals surface area contributed by atoms with Crippen LogP contribution in [-0.2, 0) is 4.79 Å². The molecule has 0 amide bonds. The third kappa shape index (κ3) is 3.39. The largest absolute Gasteiger partial charge is 0.343 e. The third-order valence-corrected chi connectivity index (χ3v) is 6.26. The second kappa shape index (κ2) is 7.20. The maximum atomic E-state index is 13.1. The molecule has 0 radical (unpaired) electrons. The van der Waals surface area contributed by atoms with Gasteiger partial charge in [0.05, 0.1) is 11.5 Å². The Morgan fingerprint density at radius 1 is 1.29 bits per heavy atom. The highest BCUT2D eigenvalue weighted by atomic mass is 32.2. The van der Waals surface area contributed by atoms with Gasteiger partial charge in [0.15, 0.2) is 5.16 Å². The van der Waals surface area contributed by atoms with E-state index in [9.17, 15) is 9.59 Å². The van der Waals surface area contributed by atoms with E-state index in [4.69, 9.17) is 0 Å². The van der Waals surface area contributed by atoms with Crippen LogP contribution < -0.4 is 10.9 Å². The molecule has 6 nitrogen and oxygen atoms in total. The molecule has 0 unspecified atom stereocenters. The zero-order chi connectivity index (χ0) is 19.9. The summed E-state index contributed by atoms with van der Waals surface area (Å²) in [5, 5.41) is 3.92. The molecule has 1 aliphatic carbocycles. The standard InChI is InChI=1S/C21H24N4O2S/c1-4-8-28-20-24-18-17(19(27)25-20)15(12-6-5-7-22-11-12)16-13(23-18)9-21(2,3)10-14(16)26/h5-7,9,11,15-16H,4,8,10H2,1-3H3,(H2,23,24,25,27)/t15-,16-/m1/s1. The van der Waals surface area contributed by atoms with E-state index in [1.165, 1.54) is 11.8 Å². The summed E-state index contributed by atoms with van der Waals surface area (Å²) in [6.07, 6.45) is 7.00. The number of aromatic nitrogens is 3. The number of H-pyrrole nitrogens is 1. The Kier molecular flexibility index (Phi) is 4.87. The number of hydrogen-bond acceptors (Lipinski definition) is 6. The number of nitrogens with one attached hydrogen (secondary N) is 2. The lowest BCUT2D eigenvalue weighted by molar-refractivity contribution is -0.124. The maximum absolute atomic E-state index is 13.1. The summed E-state index contributed by atoms with van der Waals surface area (Å²) in [6.45, 7) is 6.20. The van der Waals surface area contributed by atoms with Crippen LogP contribution in [0.5, 0.6) is 0 Å². The van der Waals surface area contributed by atoms with Gasteiger partial charge in [0, 0.05) is 36.2 Å². The summed E-state index contributed by atoms with van der Waals surface area (Å²) in [7, 11) is 0. The predicted molar refractivity (Wildman–Crippen MR) is 111 cm³/mol. The Morgan fingerprint density at radius 2 is 2.11 bits per heavy atom. The Bertz CT molecular complexity index is 997. The van der Waals surface area contributed by atoms with E-state index in [1.54, 1.807) is 12.4 Å². The van der Waals surface area contributed by atoms with Gasteiger partial charge in [-0.1, -0.05) is 44.7 Å². The summed E-state index contributed by atoms with van der Waals surface area (Å²) in [5.41, 5.74) is 1.79. The number of rotatable bonds is 4. The number of Topliss-reactive ketones (excluding diaryl/α,β-unsaturated/α-hetero) is 1. The molecular weight excluding hydrogens is 372 g/mol. The molecule has 1 aliphatic heterocycles. The first-order valence-electron chi connectivity index (χ1n) is 9.59. The summed E-state index contributed by atoms with van der Waals surface area (Å²) in [5.74, 6) is 0.760. The highest BCUT2D eigenvalue weighted by Crippen LogP contribution is 2.47. The third-order valence-electron chi connectivity index (χ3n) is 5.19. The zero-order valence-corrected chi connectivity index (χ0v) is 17.1. The van der Waals surface area contributed by atoms with Crippen molar-refractivity contribution in [1.29, 1.82) is 0 Å². The maximum Gasteiger partial charge on any atom is 0.257 e. The number of thioether (sulfide) groups is 1. The van der Waals surface area contributed by atoms with E-state index >= 15 is 0 Å². The van der Waals surface area contributed by atoms with Crippen LogP contribution in [0, 0.1) is 11.3 Å². The van der Waals surface area contributed by atoms with Crippen LogP contribution >= 0.6 is 11.8 Å². The molecule has 4 rings (SSSR count). The summed E-state index contributed by atoms with van der Waals surface area (Å²) >= 11 is 1.53. The van der Waals surface area contributed by atoms with Crippen molar-refractivity contribution in [2.75, 3.05) is 11.1 Å². The summed E-state index contributed by atoms with van der Waals surface area (Å²) in [6, 6.07) is 3.77. The van der Waals surface area contributed by atoms with Crippen LogP contribution in [0.1, 0.15) is 50.7 Å². The van der Waals surface area contributed by atoms with Crippen molar-refractivity contribution in [2.24, 2.45) is 11.3 Å². The molecule has 146 valence electrons. The molecule has 2 aromatic heterocycles. The van der Waals surface area contributed by atoms with Gasteiger partial charge >= 0.3 is 0 Å². The molecule has 7 heteroatoms. The van der Waals surface area contributed by atoms with Crippen molar-refractivity contribution in [2.45, 2.75) is 44.7 Å². The molecule has 0 spiro atoms. The minimum absolute atomic E-state index is 0.137. The van der Waals surface area contributed by atoms with Gasteiger partial charge in [0.2, 0.25) is 0 Å². The molecule has 2 atom stereocenters. The van der Waals surface area contributed by atoms with Crippen LogP contribution in [0.25, 0.3) is 0 Å².